The number of nitrogens with zero attached hydrogens (tertiary/aromatic N) is 1. The van der Waals surface area contributed by atoms with Crippen LogP contribution in [0.15, 0.2) is 24.3 Å². The van der Waals surface area contributed by atoms with E-state index in [0.717, 1.165) is 30.5 Å². The lowest BCUT2D eigenvalue weighted by atomic mass is 9.93. The smallest absolute Gasteiger partial charge is 0.246 e. The first-order chi connectivity index (χ1) is 10.9. The fourth-order valence-electron chi connectivity index (χ4n) is 3.05. The molecule has 126 valence electrons. The van der Waals surface area contributed by atoms with Gasteiger partial charge in [0.2, 0.25) is 5.91 Å². The molecule has 1 aromatic rings. The third-order valence-electron chi connectivity index (χ3n) is 4.48. The Labute approximate surface area is 137 Å². The second-order valence-electron chi connectivity index (χ2n) is 6.69. The molecular weight excluding hydrogens is 293 g/mol. The zero-order chi connectivity index (χ0) is 17.0. The molecule has 1 N–H and O–H groups in total. The summed E-state index contributed by atoms with van der Waals surface area (Å²) in [5.41, 5.74) is 2.40. The number of hydrogen-bond donors (Lipinski definition) is 1. The second kappa shape index (κ2) is 7.73. The van der Waals surface area contributed by atoms with E-state index in [2.05, 4.69) is 0 Å². The summed E-state index contributed by atoms with van der Waals surface area (Å²) < 4.78 is 13.5. The molecule has 3 nitrogen and oxygen atoms in total. The van der Waals surface area contributed by atoms with Crippen molar-refractivity contribution in [2.24, 2.45) is 11.8 Å². The average molecular weight is 319 g/mol. The quantitative estimate of drug-likeness (QED) is 0.864. The normalized spacial score (nSPS) is 19.3. The van der Waals surface area contributed by atoms with E-state index in [4.69, 9.17) is 0 Å². The summed E-state index contributed by atoms with van der Waals surface area (Å²) in [6, 6.07) is 4.98. The fourth-order valence-corrected chi connectivity index (χ4v) is 3.05. The number of aryl methyl sites for hydroxylation is 1. The van der Waals surface area contributed by atoms with Gasteiger partial charge in [-0.25, -0.2) is 4.39 Å². The number of benzene rings is 1. The van der Waals surface area contributed by atoms with Gasteiger partial charge in [0.05, 0.1) is 0 Å². The first kappa shape index (κ1) is 17.7. The molecule has 2 rings (SSSR count). The molecule has 0 saturated carbocycles. The summed E-state index contributed by atoms with van der Waals surface area (Å²) in [6.45, 7) is 7.27. The molecule has 0 aromatic heterocycles. The van der Waals surface area contributed by atoms with Crippen LogP contribution >= 0.6 is 0 Å². The number of piperidine rings is 1. The fraction of sp³-hybridized carbons (Fsp3) is 0.526. The van der Waals surface area contributed by atoms with Gasteiger partial charge >= 0.3 is 0 Å². The maximum Gasteiger partial charge on any atom is 0.246 e. The number of amides is 1. The van der Waals surface area contributed by atoms with Crippen molar-refractivity contribution >= 4 is 11.5 Å². The number of likely N-dealkylation sites (tertiary alicyclic amines) is 1. The maximum atomic E-state index is 13.5. The Morgan fingerprint density at radius 3 is 2.83 bits per heavy atom. The van der Waals surface area contributed by atoms with Crippen LogP contribution in [-0.4, -0.2) is 35.6 Å². The summed E-state index contributed by atoms with van der Waals surface area (Å²) >= 11 is 0. The Morgan fingerprint density at radius 2 is 2.22 bits per heavy atom. The largest absolute Gasteiger partial charge is 0.396 e. The molecule has 1 unspecified atom stereocenters. The van der Waals surface area contributed by atoms with Crippen LogP contribution in [0.4, 0.5) is 4.39 Å². The molecule has 1 amide bonds. The van der Waals surface area contributed by atoms with E-state index in [1.165, 1.54) is 6.07 Å². The van der Waals surface area contributed by atoms with Gasteiger partial charge in [-0.15, -0.1) is 0 Å². The topological polar surface area (TPSA) is 40.5 Å². The standard InChI is InChI=1S/C19H26FNO2/c1-13(2)17(16-6-7-18(20)14(3)9-16)10-19(23)21-8-4-5-15(11-21)12-22/h6-7,9-10,13,15,22H,4-5,8,11-12H2,1-3H3/b17-10+. The first-order valence-electron chi connectivity index (χ1n) is 8.30. The molecule has 1 heterocycles. The lowest BCUT2D eigenvalue weighted by Crippen LogP contribution is -2.40. The van der Waals surface area contributed by atoms with Crippen molar-refractivity contribution in [3.8, 4) is 0 Å². The molecule has 0 spiro atoms. The number of hydrogen-bond acceptors (Lipinski definition) is 2. The van der Waals surface area contributed by atoms with Crippen LogP contribution in [0.3, 0.4) is 0 Å². The predicted molar refractivity (Wildman–Crippen MR) is 90.3 cm³/mol. The van der Waals surface area contributed by atoms with E-state index in [9.17, 15) is 14.3 Å². The highest BCUT2D eigenvalue weighted by Crippen LogP contribution is 2.26. The van der Waals surface area contributed by atoms with Gasteiger partial charge in [0.1, 0.15) is 5.82 Å². The number of carbonyl (C=O) groups is 1. The SMILES string of the molecule is Cc1cc(/C(=C/C(=O)N2CCCC(CO)C2)C(C)C)ccc1F. The van der Waals surface area contributed by atoms with Crippen LogP contribution < -0.4 is 0 Å². The molecule has 0 bridgehead atoms. The summed E-state index contributed by atoms with van der Waals surface area (Å²) in [7, 11) is 0. The van der Waals surface area contributed by atoms with Gasteiger partial charge in [0.25, 0.3) is 0 Å². The van der Waals surface area contributed by atoms with Crippen LogP contribution in [0.2, 0.25) is 0 Å². The van der Waals surface area contributed by atoms with E-state index in [1.807, 2.05) is 18.7 Å². The molecule has 1 fully saturated rings. The highest BCUT2D eigenvalue weighted by Gasteiger charge is 2.23. The molecule has 1 aliphatic heterocycles. The van der Waals surface area contributed by atoms with E-state index >= 15 is 0 Å². The monoisotopic (exact) mass is 319 g/mol. The highest BCUT2D eigenvalue weighted by atomic mass is 19.1. The molecule has 4 heteroatoms. The molecule has 0 aliphatic carbocycles. The van der Waals surface area contributed by atoms with Gasteiger partial charge in [-0.2, -0.15) is 0 Å². The van der Waals surface area contributed by atoms with Crippen molar-refractivity contribution in [1.82, 2.24) is 4.90 Å². The second-order valence-corrected chi connectivity index (χ2v) is 6.69. The lowest BCUT2D eigenvalue weighted by molar-refractivity contribution is -0.128. The summed E-state index contributed by atoms with van der Waals surface area (Å²) in [5.74, 6) is 0.0951. The van der Waals surface area contributed by atoms with Crippen molar-refractivity contribution < 1.29 is 14.3 Å². The number of carbonyl (C=O) groups excluding carboxylic acids is 1. The van der Waals surface area contributed by atoms with Crippen LogP contribution in [0.1, 0.15) is 37.8 Å². The Hall–Kier alpha value is -1.68. The zero-order valence-electron chi connectivity index (χ0n) is 14.2. The van der Waals surface area contributed by atoms with Crippen LogP contribution in [0, 0.1) is 24.6 Å². The molecule has 1 saturated heterocycles. The minimum Gasteiger partial charge on any atom is -0.396 e. The van der Waals surface area contributed by atoms with Gasteiger partial charge < -0.3 is 10.0 Å². The number of aliphatic hydroxyl groups excluding tert-OH is 1. The average Bonchev–Trinajstić information content (AvgIpc) is 2.54. The van der Waals surface area contributed by atoms with Gasteiger partial charge in [-0.3, -0.25) is 4.79 Å². The van der Waals surface area contributed by atoms with Crippen LogP contribution in [-0.2, 0) is 4.79 Å². The lowest BCUT2D eigenvalue weighted by Gasteiger charge is -2.31. The minimum atomic E-state index is -0.231. The van der Waals surface area contributed by atoms with Gasteiger partial charge in [0, 0.05) is 25.8 Å². The van der Waals surface area contributed by atoms with Gasteiger partial charge in [0.15, 0.2) is 0 Å². The Morgan fingerprint density at radius 1 is 1.48 bits per heavy atom. The Kier molecular flexibility index (Phi) is 5.94. The zero-order valence-corrected chi connectivity index (χ0v) is 14.2. The van der Waals surface area contributed by atoms with Crippen molar-refractivity contribution in [2.75, 3.05) is 19.7 Å². The third kappa shape index (κ3) is 4.41. The summed E-state index contributed by atoms with van der Waals surface area (Å²) in [4.78, 5) is 14.4. The summed E-state index contributed by atoms with van der Waals surface area (Å²) in [5, 5.41) is 9.31. The highest BCUT2D eigenvalue weighted by molar-refractivity contribution is 5.95. The molecule has 1 atom stereocenters. The van der Waals surface area contributed by atoms with Crippen LogP contribution in [0.25, 0.3) is 5.57 Å². The number of allylic oxidation sites excluding steroid dienone is 1. The Bertz CT molecular complexity index is 595. The number of rotatable bonds is 4. The van der Waals surface area contributed by atoms with Gasteiger partial charge in [-0.1, -0.05) is 19.9 Å². The van der Waals surface area contributed by atoms with Crippen molar-refractivity contribution in [2.45, 2.75) is 33.6 Å². The molecule has 1 aromatic carbocycles. The molecule has 1 aliphatic rings. The number of aliphatic hydroxyl groups is 1. The van der Waals surface area contributed by atoms with Crippen LogP contribution in [0.5, 0.6) is 0 Å². The van der Waals surface area contributed by atoms with E-state index in [-0.39, 0.29) is 30.2 Å². The molecule has 0 radical (unpaired) electrons. The van der Waals surface area contributed by atoms with Gasteiger partial charge in [-0.05, 0) is 60.4 Å². The first-order valence-corrected chi connectivity index (χ1v) is 8.30. The number of halogens is 1. The van der Waals surface area contributed by atoms with E-state index < -0.39 is 0 Å². The predicted octanol–water partition coefficient (Wildman–Crippen LogP) is 3.40. The Balaban J connectivity index is 2.24. The molecule has 23 heavy (non-hydrogen) atoms. The van der Waals surface area contributed by atoms with Crippen molar-refractivity contribution in [3.05, 3.63) is 41.2 Å². The summed E-state index contributed by atoms with van der Waals surface area (Å²) in [6.07, 6.45) is 3.58. The van der Waals surface area contributed by atoms with E-state index in [0.29, 0.717) is 12.1 Å². The van der Waals surface area contributed by atoms with E-state index in [1.54, 1.807) is 25.1 Å². The maximum absolute atomic E-state index is 13.5. The molecular formula is C19H26FNO2. The third-order valence-corrected chi connectivity index (χ3v) is 4.48. The minimum absolute atomic E-state index is 0.0196. The van der Waals surface area contributed by atoms with Crippen molar-refractivity contribution in [1.29, 1.82) is 0 Å². The van der Waals surface area contributed by atoms with Crippen molar-refractivity contribution in [3.63, 3.8) is 0 Å².